The first-order valence-corrected chi connectivity index (χ1v) is 9.51. The third-order valence-corrected chi connectivity index (χ3v) is 5.60. The summed E-state index contributed by atoms with van der Waals surface area (Å²) in [4.78, 5) is 17.2. The molecule has 1 N–H and O–H groups in total. The molecule has 0 fully saturated rings. The molecule has 1 aromatic carbocycles. The number of carbonyl (C=O) groups excluding carboxylic acids is 1. The van der Waals surface area contributed by atoms with E-state index in [1.54, 1.807) is 16.0 Å². The van der Waals surface area contributed by atoms with Gasteiger partial charge in [0, 0.05) is 19.5 Å². The number of aromatic nitrogens is 5. The van der Waals surface area contributed by atoms with Crippen molar-refractivity contribution in [2.75, 3.05) is 6.54 Å². The summed E-state index contributed by atoms with van der Waals surface area (Å²) in [6, 6.07) is 8.17. The van der Waals surface area contributed by atoms with Crippen LogP contribution in [-0.4, -0.2) is 37.6 Å². The number of tetrazole rings is 1. The Morgan fingerprint density at radius 2 is 2.24 bits per heavy atom. The maximum atomic E-state index is 12.5. The molecule has 3 aromatic rings. The van der Waals surface area contributed by atoms with Crippen LogP contribution in [0.15, 0.2) is 24.3 Å². The van der Waals surface area contributed by atoms with Crippen LogP contribution in [-0.2, 0) is 17.8 Å². The van der Waals surface area contributed by atoms with Crippen LogP contribution >= 0.6 is 11.3 Å². The minimum absolute atomic E-state index is 0.0299. The van der Waals surface area contributed by atoms with Gasteiger partial charge in [0.15, 0.2) is 5.82 Å². The van der Waals surface area contributed by atoms with E-state index in [2.05, 4.69) is 31.9 Å². The molecule has 0 unspecified atom stereocenters. The Hall–Kier alpha value is -2.35. The van der Waals surface area contributed by atoms with E-state index in [9.17, 15) is 4.79 Å². The number of fused-ring (bicyclic) bond motifs is 2. The fraction of sp³-hybridized carbons (Fsp3) is 0.471. The van der Waals surface area contributed by atoms with Gasteiger partial charge in [0.05, 0.1) is 21.1 Å². The number of nitrogens with one attached hydrogen (secondary N) is 1. The second-order valence-corrected chi connectivity index (χ2v) is 7.39. The molecule has 1 amide bonds. The Labute approximate surface area is 149 Å². The molecule has 0 saturated carbocycles. The lowest BCUT2D eigenvalue weighted by molar-refractivity contribution is -0.122. The molecule has 8 heteroatoms. The van der Waals surface area contributed by atoms with Gasteiger partial charge >= 0.3 is 0 Å². The van der Waals surface area contributed by atoms with Gasteiger partial charge in [0.25, 0.3) is 0 Å². The molecular weight excluding hydrogens is 336 g/mol. The van der Waals surface area contributed by atoms with Gasteiger partial charge in [0.1, 0.15) is 0 Å². The molecular formula is C17H20N6OS. The van der Waals surface area contributed by atoms with Gasteiger partial charge in [-0.25, -0.2) is 9.67 Å². The molecule has 0 radical (unpaired) electrons. The van der Waals surface area contributed by atoms with E-state index in [4.69, 9.17) is 0 Å². The van der Waals surface area contributed by atoms with Gasteiger partial charge in [-0.05, 0) is 41.8 Å². The zero-order chi connectivity index (χ0) is 17.1. The van der Waals surface area contributed by atoms with Crippen molar-refractivity contribution in [1.29, 1.82) is 0 Å². The average Bonchev–Trinajstić information content (AvgIpc) is 3.20. The molecule has 0 bridgehead atoms. The normalized spacial score (nSPS) is 17.2. The summed E-state index contributed by atoms with van der Waals surface area (Å²) >= 11 is 1.73. The molecule has 4 rings (SSSR count). The van der Waals surface area contributed by atoms with Crippen LogP contribution in [0.5, 0.6) is 0 Å². The molecule has 7 nitrogen and oxygen atoms in total. The van der Waals surface area contributed by atoms with Gasteiger partial charge in [-0.2, -0.15) is 0 Å². The van der Waals surface area contributed by atoms with Gasteiger partial charge in [-0.15, -0.1) is 16.4 Å². The number of carbonyl (C=O) groups is 1. The van der Waals surface area contributed by atoms with Crippen molar-refractivity contribution in [3.05, 3.63) is 35.1 Å². The Bertz CT molecular complexity index is 840. The van der Waals surface area contributed by atoms with E-state index in [-0.39, 0.29) is 11.8 Å². The minimum atomic E-state index is -0.236. The quantitative estimate of drug-likeness (QED) is 0.709. The average molecular weight is 356 g/mol. The fourth-order valence-corrected chi connectivity index (χ4v) is 4.22. The Morgan fingerprint density at radius 3 is 3.16 bits per heavy atom. The molecule has 2 aromatic heterocycles. The lowest BCUT2D eigenvalue weighted by atomic mass is 10.0. The van der Waals surface area contributed by atoms with Crippen molar-refractivity contribution >= 4 is 27.5 Å². The molecule has 0 spiro atoms. The highest BCUT2D eigenvalue weighted by Crippen LogP contribution is 2.24. The SMILES string of the molecule is O=C(NCCCc1nc2ccccc2s1)[C@H]1CCCCn2nnnc21. The number of hydrogen-bond acceptors (Lipinski definition) is 6. The number of benzene rings is 1. The molecule has 1 aliphatic heterocycles. The number of nitrogens with zero attached hydrogens (tertiary/aromatic N) is 5. The Morgan fingerprint density at radius 1 is 1.32 bits per heavy atom. The first kappa shape index (κ1) is 16.1. The van der Waals surface area contributed by atoms with E-state index in [0.29, 0.717) is 12.4 Å². The zero-order valence-corrected chi connectivity index (χ0v) is 14.7. The van der Waals surface area contributed by atoms with Crippen molar-refractivity contribution in [3.8, 4) is 0 Å². The molecule has 1 atom stereocenters. The zero-order valence-electron chi connectivity index (χ0n) is 13.9. The number of hydrogen-bond donors (Lipinski definition) is 1. The number of rotatable bonds is 5. The van der Waals surface area contributed by atoms with Gasteiger partial charge < -0.3 is 5.32 Å². The Kier molecular flexibility index (Phi) is 4.69. The molecule has 3 heterocycles. The smallest absolute Gasteiger partial charge is 0.230 e. The van der Waals surface area contributed by atoms with Crippen LogP contribution in [0.1, 0.15) is 42.4 Å². The molecule has 0 aliphatic carbocycles. The highest BCUT2D eigenvalue weighted by molar-refractivity contribution is 7.18. The summed E-state index contributed by atoms with van der Waals surface area (Å²) in [5.41, 5.74) is 1.05. The monoisotopic (exact) mass is 356 g/mol. The predicted molar refractivity (Wildman–Crippen MR) is 95.4 cm³/mol. The van der Waals surface area contributed by atoms with E-state index in [1.807, 2.05) is 18.2 Å². The lowest BCUT2D eigenvalue weighted by Gasteiger charge is -2.13. The van der Waals surface area contributed by atoms with E-state index in [0.717, 1.165) is 49.2 Å². The highest BCUT2D eigenvalue weighted by Gasteiger charge is 2.28. The molecule has 130 valence electrons. The van der Waals surface area contributed by atoms with Crippen LogP contribution in [0.2, 0.25) is 0 Å². The molecule has 1 aliphatic rings. The summed E-state index contributed by atoms with van der Waals surface area (Å²) in [5, 5.41) is 15.9. The van der Waals surface area contributed by atoms with Crippen LogP contribution in [0.3, 0.4) is 0 Å². The standard InChI is InChI=1S/C17H20N6OS/c24-17(12-6-3-4-11-23-16(12)20-21-22-23)18-10-5-9-15-19-13-7-1-2-8-14(13)25-15/h1-2,7-8,12H,3-6,9-11H2,(H,18,24)/t12-/m0/s1. The predicted octanol–water partition coefficient (Wildman–Crippen LogP) is 2.30. The summed E-state index contributed by atoms with van der Waals surface area (Å²) in [6.45, 7) is 1.44. The summed E-state index contributed by atoms with van der Waals surface area (Å²) < 4.78 is 2.98. The number of amides is 1. The second-order valence-electron chi connectivity index (χ2n) is 6.28. The minimum Gasteiger partial charge on any atom is -0.355 e. The molecule has 0 saturated heterocycles. The summed E-state index contributed by atoms with van der Waals surface area (Å²) in [5.74, 6) is 0.489. The van der Waals surface area contributed by atoms with Gasteiger partial charge in [-0.3, -0.25) is 4.79 Å². The van der Waals surface area contributed by atoms with Crippen molar-refractivity contribution < 1.29 is 4.79 Å². The first-order valence-electron chi connectivity index (χ1n) is 8.69. The topological polar surface area (TPSA) is 85.6 Å². The second kappa shape index (κ2) is 7.26. The van der Waals surface area contributed by atoms with E-state index < -0.39 is 0 Å². The van der Waals surface area contributed by atoms with E-state index in [1.165, 1.54) is 4.70 Å². The third kappa shape index (κ3) is 3.53. The highest BCUT2D eigenvalue weighted by atomic mass is 32.1. The van der Waals surface area contributed by atoms with Crippen LogP contribution < -0.4 is 5.32 Å². The van der Waals surface area contributed by atoms with Crippen molar-refractivity contribution in [2.24, 2.45) is 0 Å². The maximum Gasteiger partial charge on any atom is 0.230 e. The maximum absolute atomic E-state index is 12.5. The van der Waals surface area contributed by atoms with Crippen molar-refractivity contribution in [2.45, 2.75) is 44.6 Å². The summed E-state index contributed by atoms with van der Waals surface area (Å²) in [7, 11) is 0. The lowest BCUT2D eigenvalue weighted by Crippen LogP contribution is -2.31. The largest absolute Gasteiger partial charge is 0.355 e. The van der Waals surface area contributed by atoms with Gasteiger partial charge in [0.2, 0.25) is 5.91 Å². The van der Waals surface area contributed by atoms with Gasteiger partial charge in [-0.1, -0.05) is 18.6 Å². The van der Waals surface area contributed by atoms with Crippen molar-refractivity contribution in [3.63, 3.8) is 0 Å². The van der Waals surface area contributed by atoms with E-state index >= 15 is 0 Å². The number of thiazole rings is 1. The van der Waals surface area contributed by atoms with Crippen LogP contribution in [0.25, 0.3) is 10.2 Å². The first-order chi connectivity index (χ1) is 12.3. The third-order valence-electron chi connectivity index (χ3n) is 4.51. The van der Waals surface area contributed by atoms with Crippen LogP contribution in [0.4, 0.5) is 0 Å². The number of para-hydroxylation sites is 1. The Balaban J connectivity index is 1.30. The van der Waals surface area contributed by atoms with Crippen molar-refractivity contribution in [1.82, 2.24) is 30.5 Å². The fourth-order valence-electron chi connectivity index (χ4n) is 3.21. The number of aryl methyl sites for hydroxylation is 2. The molecule has 25 heavy (non-hydrogen) atoms. The van der Waals surface area contributed by atoms with Crippen LogP contribution in [0, 0.1) is 0 Å². The summed E-state index contributed by atoms with van der Waals surface area (Å²) in [6.07, 6.45) is 4.59.